The van der Waals surface area contributed by atoms with Crippen LogP contribution in [0.25, 0.3) is 0 Å². The van der Waals surface area contributed by atoms with Crippen molar-refractivity contribution in [1.29, 1.82) is 0 Å². The molecule has 4 heteroatoms. The first kappa shape index (κ1) is 21.0. The summed E-state index contributed by atoms with van der Waals surface area (Å²) in [7, 11) is -1.01. The van der Waals surface area contributed by atoms with Gasteiger partial charge in [-0.15, -0.1) is 6.58 Å². The predicted octanol–water partition coefficient (Wildman–Crippen LogP) is 5.91. The number of hydrogen-bond acceptors (Lipinski definition) is 3. The van der Waals surface area contributed by atoms with Crippen LogP contribution in [0.1, 0.15) is 73.6 Å². The van der Waals surface area contributed by atoms with Gasteiger partial charge in [-0.3, -0.25) is 0 Å². The zero-order chi connectivity index (χ0) is 16.3. The highest BCUT2D eigenvalue weighted by Crippen LogP contribution is 2.47. The first-order valence-corrected chi connectivity index (χ1v) is 9.59. The Bertz CT molecular complexity index is 251. The van der Waals surface area contributed by atoms with Crippen molar-refractivity contribution in [2.45, 2.75) is 91.8 Å². The van der Waals surface area contributed by atoms with Crippen LogP contribution in [-0.4, -0.2) is 29.5 Å². The molecule has 0 N–H and O–H groups in total. The maximum atomic E-state index is 6.35. The molecule has 0 heterocycles. The molecule has 0 bridgehead atoms. The van der Waals surface area contributed by atoms with Gasteiger partial charge in [-0.05, 0) is 40.5 Å². The molecule has 0 aromatic carbocycles. The van der Waals surface area contributed by atoms with Gasteiger partial charge in [-0.1, -0.05) is 39.2 Å². The van der Waals surface area contributed by atoms with Crippen molar-refractivity contribution in [3.8, 4) is 0 Å². The molecule has 0 aromatic heterocycles. The number of rotatable bonds is 13. The summed E-state index contributed by atoms with van der Waals surface area (Å²) in [6.07, 6.45) is 8.05. The van der Waals surface area contributed by atoms with Gasteiger partial charge in [0.25, 0.3) is 8.53 Å². The summed E-state index contributed by atoms with van der Waals surface area (Å²) < 4.78 is 14.7. The summed E-state index contributed by atoms with van der Waals surface area (Å²) in [4.78, 5) is 0. The summed E-state index contributed by atoms with van der Waals surface area (Å²) in [5, 5.41) is 0. The zero-order valence-electron chi connectivity index (χ0n) is 15.0. The summed E-state index contributed by atoms with van der Waals surface area (Å²) in [6.45, 7) is 17.5. The fourth-order valence-corrected chi connectivity index (χ4v) is 4.12. The van der Waals surface area contributed by atoms with E-state index < -0.39 is 8.53 Å². The van der Waals surface area contributed by atoms with E-state index >= 15 is 0 Å². The molecular weight excluding hydrogens is 281 g/mol. The fraction of sp³-hybridized carbons (Fsp3) is 0.882. The molecule has 0 spiro atoms. The lowest BCUT2D eigenvalue weighted by atomic mass is 10.1. The predicted molar refractivity (Wildman–Crippen MR) is 94.5 cm³/mol. The van der Waals surface area contributed by atoms with E-state index in [-0.39, 0.29) is 0 Å². The van der Waals surface area contributed by atoms with Crippen LogP contribution in [0.3, 0.4) is 0 Å². The van der Waals surface area contributed by atoms with Crippen molar-refractivity contribution in [3.05, 3.63) is 12.7 Å². The SMILES string of the molecule is C=CCOP(O[C@H](CC)CCCCC)N(C(C)C)C(C)C. The van der Waals surface area contributed by atoms with Crippen LogP contribution >= 0.6 is 8.53 Å². The molecule has 0 saturated carbocycles. The molecule has 0 radical (unpaired) electrons. The highest BCUT2D eigenvalue weighted by atomic mass is 31.2. The van der Waals surface area contributed by atoms with Crippen LogP contribution in [-0.2, 0) is 9.05 Å². The molecule has 0 aliphatic carbocycles. The molecule has 0 aliphatic rings. The summed E-state index contributed by atoms with van der Waals surface area (Å²) >= 11 is 0. The van der Waals surface area contributed by atoms with Gasteiger partial charge in [-0.25, -0.2) is 4.67 Å². The van der Waals surface area contributed by atoms with E-state index in [1.807, 2.05) is 0 Å². The summed E-state index contributed by atoms with van der Waals surface area (Å²) in [6, 6.07) is 0.822. The van der Waals surface area contributed by atoms with E-state index in [1.165, 1.54) is 19.3 Å². The van der Waals surface area contributed by atoms with Gasteiger partial charge in [0.1, 0.15) is 0 Å². The van der Waals surface area contributed by atoms with Crippen LogP contribution < -0.4 is 0 Å². The van der Waals surface area contributed by atoms with Crippen molar-refractivity contribution in [1.82, 2.24) is 4.67 Å². The lowest BCUT2D eigenvalue weighted by molar-refractivity contribution is 0.127. The highest BCUT2D eigenvalue weighted by Gasteiger charge is 2.28. The Hall–Kier alpha value is 0.0500. The number of hydrogen-bond donors (Lipinski definition) is 0. The van der Waals surface area contributed by atoms with Crippen molar-refractivity contribution in [2.75, 3.05) is 6.61 Å². The van der Waals surface area contributed by atoms with E-state index in [2.05, 4.69) is 52.8 Å². The highest BCUT2D eigenvalue weighted by molar-refractivity contribution is 7.44. The van der Waals surface area contributed by atoms with Crippen LogP contribution in [0, 0.1) is 0 Å². The van der Waals surface area contributed by atoms with Crippen LogP contribution in [0.4, 0.5) is 0 Å². The van der Waals surface area contributed by atoms with E-state index in [9.17, 15) is 0 Å². The smallest absolute Gasteiger partial charge is 0.259 e. The molecule has 126 valence electrons. The maximum Gasteiger partial charge on any atom is 0.259 e. The van der Waals surface area contributed by atoms with Crippen LogP contribution in [0.15, 0.2) is 12.7 Å². The molecule has 2 atom stereocenters. The van der Waals surface area contributed by atoms with E-state index in [0.29, 0.717) is 24.8 Å². The third kappa shape index (κ3) is 8.93. The molecule has 0 fully saturated rings. The third-order valence-electron chi connectivity index (χ3n) is 3.37. The van der Waals surface area contributed by atoms with Crippen molar-refractivity contribution >= 4 is 8.53 Å². The Kier molecular flexibility index (Phi) is 12.6. The van der Waals surface area contributed by atoms with Crippen LogP contribution in [0.5, 0.6) is 0 Å². The summed E-state index contributed by atoms with van der Waals surface area (Å²) in [5.41, 5.74) is 0. The Morgan fingerprint density at radius 2 is 1.71 bits per heavy atom. The van der Waals surface area contributed by atoms with Crippen molar-refractivity contribution in [2.24, 2.45) is 0 Å². The fourth-order valence-electron chi connectivity index (χ4n) is 2.32. The van der Waals surface area contributed by atoms with E-state index in [1.54, 1.807) is 6.08 Å². The van der Waals surface area contributed by atoms with E-state index in [4.69, 9.17) is 9.05 Å². The van der Waals surface area contributed by atoms with Gasteiger partial charge in [0.15, 0.2) is 0 Å². The molecule has 0 aliphatic heterocycles. The topological polar surface area (TPSA) is 21.7 Å². The van der Waals surface area contributed by atoms with Gasteiger partial charge in [0, 0.05) is 12.1 Å². The molecule has 3 nitrogen and oxygen atoms in total. The van der Waals surface area contributed by atoms with Gasteiger partial charge >= 0.3 is 0 Å². The van der Waals surface area contributed by atoms with Crippen molar-refractivity contribution in [3.63, 3.8) is 0 Å². The average molecular weight is 317 g/mol. The minimum Gasteiger partial charge on any atom is -0.319 e. The second-order valence-corrected chi connectivity index (χ2v) is 7.43. The lowest BCUT2D eigenvalue weighted by Gasteiger charge is -2.37. The Morgan fingerprint density at radius 3 is 2.14 bits per heavy atom. The second-order valence-electron chi connectivity index (χ2n) is 6.02. The zero-order valence-corrected chi connectivity index (χ0v) is 15.9. The van der Waals surface area contributed by atoms with Crippen LogP contribution in [0.2, 0.25) is 0 Å². The minimum absolute atomic E-state index is 0.299. The number of nitrogens with zero attached hydrogens (tertiary/aromatic N) is 1. The van der Waals surface area contributed by atoms with E-state index in [0.717, 1.165) is 12.8 Å². The molecular formula is C17H36NO2P. The Labute approximate surface area is 134 Å². The van der Waals surface area contributed by atoms with Gasteiger partial charge < -0.3 is 9.05 Å². The lowest BCUT2D eigenvalue weighted by Crippen LogP contribution is -2.34. The molecule has 0 aromatic rings. The largest absolute Gasteiger partial charge is 0.319 e. The first-order chi connectivity index (χ1) is 9.97. The normalized spacial score (nSPS) is 14.9. The quantitative estimate of drug-likeness (QED) is 0.239. The second kappa shape index (κ2) is 12.6. The number of unbranched alkanes of at least 4 members (excludes halogenated alkanes) is 2. The van der Waals surface area contributed by atoms with Gasteiger partial charge in [-0.2, -0.15) is 0 Å². The molecule has 0 rings (SSSR count). The molecule has 0 saturated heterocycles. The average Bonchev–Trinajstić information content (AvgIpc) is 2.42. The molecule has 21 heavy (non-hydrogen) atoms. The van der Waals surface area contributed by atoms with Gasteiger partial charge in [0.05, 0.1) is 12.7 Å². The molecule has 1 unspecified atom stereocenters. The standard InChI is InChI=1S/C17H36NO2P/c1-8-11-12-13-17(10-3)20-21(19-14-9-2)18(15(4)5)16(6)7/h9,15-17H,2,8,10-14H2,1,3-7H3/t17-,21?/m1/s1. The summed E-state index contributed by atoms with van der Waals surface area (Å²) in [5.74, 6) is 0. The maximum absolute atomic E-state index is 6.35. The minimum atomic E-state index is -1.01. The Morgan fingerprint density at radius 1 is 1.10 bits per heavy atom. The molecule has 0 amide bonds. The van der Waals surface area contributed by atoms with Crippen molar-refractivity contribution < 1.29 is 9.05 Å². The van der Waals surface area contributed by atoms with Gasteiger partial charge in [0.2, 0.25) is 0 Å². The first-order valence-electron chi connectivity index (χ1n) is 8.46. The monoisotopic (exact) mass is 317 g/mol. The third-order valence-corrected chi connectivity index (χ3v) is 5.52. The Balaban J connectivity index is 4.73.